The van der Waals surface area contributed by atoms with Crippen molar-refractivity contribution in [3.8, 4) is 11.8 Å². The summed E-state index contributed by atoms with van der Waals surface area (Å²) in [7, 11) is 0. The fourth-order valence-corrected chi connectivity index (χ4v) is 2.78. The van der Waals surface area contributed by atoms with E-state index < -0.39 is 0 Å². The minimum absolute atomic E-state index is 0.0357. The molecule has 0 unspecified atom stereocenters. The normalized spacial score (nSPS) is 18.1. The zero-order valence-electron chi connectivity index (χ0n) is 12.4. The third kappa shape index (κ3) is 2.59. The van der Waals surface area contributed by atoms with Crippen molar-refractivity contribution in [3.63, 3.8) is 0 Å². The molecule has 0 spiro atoms. The van der Waals surface area contributed by atoms with E-state index in [1.165, 1.54) is 0 Å². The molecule has 1 aliphatic heterocycles. The van der Waals surface area contributed by atoms with Crippen molar-refractivity contribution < 1.29 is 9.47 Å². The van der Waals surface area contributed by atoms with Crippen molar-refractivity contribution in [3.05, 3.63) is 30.2 Å². The van der Waals surface area contributed by atoms with Crippen molar-refractivity contribution in [2.45, 2.75) is 6.10 Å². The second-order valence-corrected chi connectivity index (χ2v) is 5.39. The Kier molecular flexibility index (Phi) is 3.54. The first-order chi connectivity index (χ1) is 11.3. The van der Waals surface area contributed by atoms with Crippen LogP contribution in [0.5, 0.6) is 5.75 Å². The van der Waals surface area contributed by atoms with E-state index in [0.29, 0.717) is 18.9 Å². The maximum atomic E-state index is 9.06. The molecule has 0 amide bonds. The van der Waals surface area contributed by atoms with Crippen molar-refractivity contribution in [2.75, 3.05) is 26.3 Å². The lowest BCUT2D eigenvalue weighted by atomic mass is 10.2. The van der Waals surface area contributed by atoms with Crippen LogP contribution < -0.4 is 10.1 Å². The fraction of sp³-hybridized carbons (Fsp3) is 0.312. The highest BCUT2D eigenvalue weighted by atomic mass is 16.5. The van der Waals surface area contributed by atoms with Gasteiger partial charge in [-0.25, -0.2) is 9.97 Å². The second-order valence-electron chi connectivity index (χ2n) is 5.39. The van der Waals surface area contributed by atoms with E-state index in [-0.39, 0.29) is 6.10 Å². The molecule has 1 fully saturated rings. The van der Waals surface area contributed by atoms with Gasteiger partial charge < -0.3 is 19.8 Å². The lowest BCUT2D eigenvalue weighted by molar-refractivity contribution is 0.000515. The highest BCUT2D eigenvalue weighted by Crippen LogP contribution is 2.32. The Morgan fingerprint density at radius 2 is 2.39 bits per heavy atom. The summed E-state index contributed by atoms with van der Waals surface area (Å²) in [4.78, 5) is 11.6. The molecule has 0 bridgehead atoms. The highest BCUT2D eigenvalue weighted by Gasteiger charge is 2.16. The minimum atomic E-state index is 0.0357. The lowest BCUT2D eigenvalue weighted by Gasteiger charge is -2.23. The van der Waals surface area contributed by atoms with Crippen molar-refractivity contribution in [1.82, 2.24) is 20.3 Å². The van der Waals surface area contributed by atoms with E-state index in [9.17, 15) is 0 Å². The number of H-pyrrole nitrogens is 1. The van der Waals surface area contributed by atoms with Crippen LogP contribution in [0, 0.1) is 11.3 Å². The number of ether oxygens (including phenoxy) is 2. The Morgan fingerprint density at radius 3 is 3.22 bits per heavy atom. The van der Waals surface area contributed by atoms with Crippen LogP contribution in [0.15, 0.2) is 24.5 Å². The Labute approximate surface area is 132 Å². The number of fused-ring (bicyclic) bond motifs is 3. The van der Waals surface area contributed by atoms with Gasteiger partial charge in [-0.3, -0.25) is 0 Å². The number of rotatable bonds is 3. The smallest absolute Gasteiger partial charge is 0.142 e. The molecule has 2 N–H and O–H groups in total. The van der Waals surface area contributed by atoms with Gasteiger partial charge in [-0.15, -0.1) is 0 Å². The van der Waals surface area contributed by atoms with Crippen LogP contribution >= 0.6 is 0 Å². The third-order valence-corrected chi connectivity index (χ3v) is 3.88. The third-order valence-electron chi connectivity index (χ3n) is 3.88. The summed E-state index contributed by atoms with van der Waals surface area (Å²) in [5.41, 5.74) is 1.92. The van der Waals surface area contributed by atoms with Gasteiger partial charge in [-0.2, -0.15) is 5.26 Å². The fourth-order valence-electron chi connectivity index (χ4n) is 2.78. The quantitative estimate of drug-likeness (QED) is 0.758. The number of nitrogens with zero attached hydrogens (tertiary/aromatic N) is 3. The monoisotopic (exact) mass is 309 g/mol. The van der Waals surface area contributed by atoms with Gasteiger partial charge in [0.05, 0.1) is 23.7 Å². The molecule has 1 saturated heterocycles. The summed E-state index contributed by atoms with van der Waals surface area (Å²) < 4.78 is 11.6. The first-order valence-corrected chi connectivity index (χ1v) is 7.47. The summed E-state index contributed by atoms with van der Waals surface area (Å²) in [5.74, 6) is 0.727. The van der Waals surface area contributed by atoms with Crippen LogP contribution in [0.4, 0.5) is 0 Å². The molecule has 7 nitrogen and oxygen atoms in total. The largest absolute Gasteiger partial charge is 0.490 e. The number of aromatic nitrogens is 3. The summed E-state index contributed by atoms with van der Waals surface area (Å²) in [6, 6.07) is 5.65. The lowest BCUT2D eigenvalue weighted by Crippen LogP contribution is -2.41. The standard InChI is InChI=1S/C16H15N5O2/c17-6-10-5-12-13(8-20-10)21-16-15(12)14(1-2-19-16)23-9-11-7-18-3-4-22-11/h1-2,5,8,11,18H,3-4,7,9H2,(H,19,21)/t11-/m1/s1. The van der Waals surface area contributed by atoms with Gasteiger partial charge in [0.25, 0.3) is 0 Å². The SMILES string of the molecule is N#Cc1cc2c(cn1)[nH]c1nccc(OC[C@H]3CNCCO3)c12. The van der Waals surface area contributed by atoms with E-state index in [4.69, 9.17) is 14.7 Å². The van der Waals surface area contributed by atoms with Gasteiger partial charge in [0.1, 0.15) is 35.9 Å². The molecule has 23 heavy (non-hydrogen) atoms. The van der Waals surface area contributed by atoms with E-state index in [1.807, 2.05) is 6.07 Å². The van der Waals surface area contributed by atoms with Crippen molar-refractivity contribution in [2.24, 2.45) is 0 Å². The predicted octanol–water partition coefficient (Wildman–Crippen LogP) is 1.35. The molecule has 1 aliphatic rings. The molecule has 3 aromatic rings. The molecular formula is C16H15N5O2. The molecule has 1 atom stereocenters. The first-order valence-electron chi connectivity index (χ1n) is 7.47. The van der Waals surface area contributed by atoms with Crippen LogP contribution in [0.1, 0.15) is 5.69 Å². The molecule has 4 rings (SSSR count). The van der Waals surface area contributed by atoms with Crippen LogP contribution in [0.25, 0.3) is 21.9 Å². The Bertz CT molecular complexity index is 892. The van der Waals surface area contributed by atoms with E-state index in [1.54, 1.807) is 18.5 Å². The van der Waals surface area contributed by atoms with Gasteiger partial charge in [-0.05, 0) is 12.1 Å². The number of morpholine rings is 1. The second kappa shape index (κ2) is 5.83. The van der Waals surface area contributed by atoms with Gasteiger partial charge in [0.15, 0.2) is 0 Å². The number of pyridine rings is 2. The van der Waals surface area contributed by atoms with E-state index in [2.05, 4.69) is 26.3 Å². The van der Waals surface area contributed by atoms with Gasteiger partial charge in [-0.1, -0.05) is 0 Å². The molecule has 4 heterocycles. The summed E-state index contributed by atoms with van der Waals surface area (Å²) >= 11 is 0. The average Bonchev–Trinajstić information content (AvgIpc) is 2.99. The van der Waals surface area contributed by atoms with Crippen LogP contribution in [0.3, 0.4) is 0 Å². The highest BCUT2D eigenvalue weighted by molar-refractivity contribution is 6.09. The maximum Gasteiger partial charge on any atom is 0.142 e. The van der Waals surface area contributed by atoms with Crippen molar-refractivity contribution in [1.29, 1.82) is 5.26 Å². The molecule has 0 aliphatic carbocycles. The Balaban J connectivity index is 1.72. The molecular weight excluding hydrogens is 294 g/mol. The predicted molar refractivity (Wildman–Crippen MR) is 84.2 cm³/mol. The zero-order valence-corrected chi connectivity index (χ0v) is 12.4. The number of hydrogen-bond acceptors (Lipinski definition) is 6. The summed E-state index contributed by atoms with van der Waals surface area (Å²) in [5, 5.41) is 14.1. The van der Waals surface area contributed by atoms with E-state index >= 15 is 0 Å². The topological polar surface area (TPSA) is 95.9 Å². The van der Waals surface area contributed by atoms with Crippen LogP contribution in [-0.4, -0.2) is 47.4 Å². The minimum Gasteiger partial charge on any atom is -0.490 e. The number of aromatic amines is 1. The van der Waals surface area contributed by atoms with Gasteiger partial charge in [0.2, 0.25) is 0 Å². The Morgan fingerprint density at radius 1 is 1.43 bits per heavy atom. The zero-order chi connectivity index (χ0) is 15.6. The summed E-state index contributed by atoms with van der Waals surface area (Å²) in [6.07, 6.45) is 3.38. The molecule has 0 aromatic carbocycles. The number of nitriles is 1. The van der Waals surface area contributed by atoms with E-state index in [0.717, 1.165) is 40.8 Å². The molecule has 0 saturated carbocycles. The number of hydrogen-bond donors (Lipinski definition) is 2. The molecule has 3 aromatic heterocycles. The maximum absolute atomic E-state index is 9.06. The average molecular weight is 309 g/mol. The van der Waals surface area contributed by atoms with Crippen LogP contribution in [0.2, 0.25) is 0 Å². The van der Waals surface area contributed by atoms with Crippen molar-refractivity contribution >= 4 is 21.9 Å². The number of nitrogens with one attached hydrogen (secondary N) is 2. The van der Waals surface area contributed by atoms with Gasteiger partial charge >= 0.3 is 0 Å². The molecule has 0 radical (unpaired) electrons. The molecule has 7 heteroatoms. The Hall–Kier alpha value is -2.69. The summed E-state index contributed by atoms with van der Waals surface area (Å²) in [6.45, 7) is 2.83. The first kappa shape index (κ1) is 13.9. The van der Waals surface area contributed by atoms with Crippen LogP contribution in [-0.2, 0) is 4.74 Å². The van der Waals surface area contributed by atoms with Gasteiger partial charge in [0, 0.05) is 24.7 Å². The molecule has 116 valence electrons.